The van der Waals surface area contributed by atoms with Crippen molar-refractivity contribution >= 4 is 23.5 Å². The van der Waals surface area contributed by atoms with Crippen molar-refractivity contribution in [3.8, 4) is 0 Å². The second kappa shape index (κ2) is 3.67. The van der Waals surface area contributed by atoms with Crippen LogP contribution in [0.3, 0.4) is 0 Å². The number of hydrogen-bond acceptors (Lipinski definition) is 2. The first-order valence-electron chi connectivity index (χ1n) is 5.38. The predicted molar refractivity (Wildman–Crippen MR) is 66.0 cm³/mol. The number of benzene rings is 1. The van der Waals surface area contributed by atoms with E-state index in [-0.39, 0.29) is 0 Å². The number of rotatable bonds is 1. The van der Waals surface area contributed by atoms with Gasteiger partial charge in [-0.15, -0.1) is 0 Å². The minimum atomic E-state index is -1.86. The van der Waals surface area contributed by atoms with E-state index >= 15 is 0 Å². The van der Waals surface area contributed by atoms with Crippen molar-refractivity contribution in [2.75, 3.05) is 13.2 Å². The van der Waals surface area contributed by atoms with Crippen molar-refractivity contribution in [1.29, 1.82) is 0 Å². The standard InChI is InChI=1S/C11H14NOPS/c15-14(11-6-2-1-3-7-11)12-8-4-5-10(12)9-13-14/h1-3,6-7,10H,4-5,8-9H2/t10-,14-/m0/s1. The Hall–Kier alpha value is -0.210. The Morgan fingerprint density at radius 2 is 2.13 bits per heavy atom. The van der Waals surface area contributed by atoms with Gasteiger partial charge in [0.25, 0.3) is 0 Å². The molecule has 2 atom stereocenters. The molecule has 0 aromatic heterocycles. The minimum absolute atomic E-state index is 0.594. The van der Waals surface area contributed by atoms with E-state index in [1.54, 1.807) is 0 Å². The third-order valence-electron chi connectivity index (χ3n) is 3.21. The molecule has 0 aliphatic carbocycles. The second-order valence-electron chi connectivity index (χ2n) is 4.11. The van der Waals surface area contributed by atoms with Crippen molar-refractivity contribution in [3.63, 3.8) is 0 Å². The summed E-state index contributed by atoms with van der Waals surface area (Å²) in [5, 5.41) is 1.21. The van der Waals surface area contributed by atoms with Crippen LogP contribution in [-0.2, 0) is 16.3 Å². The van der Waals surface area contributed by atoms with Crippen LogP contribution in [0.1, 0.15) is 12.8 Å². The lowest BCUT2D eigenvalue weighted by atomic mass is 10.2. The number of nitrogens with zero attached hydrogens (tertiary/aromatic N) is 1. The fourth-order valence-corrected chi connectivity index (χ4v) is 6.16. The maximum absolute atomic E-state index is 5.95. The van der Waals surface area contributed by atoms with Gasteiger partial charge in [0, 0.05) is 17.9 Å². The summed E-state index contributed by atoms with van der Waals surface area (Å²) in [7, 11) is 0. The van der Waals surface area contributed by atoms with Crippen molar-refractivity contribution in [2.45, 2.75) is 18.9 Å². The lowest BCUT2D eigenvalue weighted by Crippen LogP contribution is -2.24. The summed E-state index contributed by atoms with van der Waals surface area (Å²) >= 11 is 5.79. The van der Waals surface area contributed by atoms with Gasteiger partial charge in [0.05, 0.1) is 6.61 Å². The Labute approximate surface area is 95.4 Å². The second-order valence-corrected chi connectivity index (χ2v) is 7.92. The zero-order valence-corrected chi connectivity index (χ0v) is 10.2. The summed E-state index contributed by atoms with van der Waals surface area (Å²) in [4.78, 5) is 0. The molecule has 4 heteroatoms. The maximum atomic E-state index is 5.95. The van der Waals surface area contributed by atoms with E-state index in [4.69, 9.17) is 16.3 Å². The molecule has 0 amide bonds. The smallest absolute Gasteiger partial charge is 0.162 e. The molecular weight excluding hydrogens is 225 g/mol. The highest BCUT2D eigenvalue weighted by Crippen LogP contribution is 2.58. The van der Waals surface area contributed by atoms with E-state index in [0.29, 0.717) is 6.04 Å². The highest BCUT2D eigenvalue weighted by atomic mass is 32.4. The normalized spacial score (nSPS) is 35.6. The van der Waals surface area contributed by atoms with Gasteiger partial charge in [-0.3, -0.25) is 0 Å². The van der Waals surface area contributed by atoms with Gasteiger partial charge in [0.15, 0.2) is 6.42 Å². The molecule has 3 rings (SSSR count). The molecule has 0 unspecified atom stereocenters. The van der Waals surface area contributed by atoms with Crippen LogP contribution in [0.5, 0.6) is 0 Å². The summed E-state index contributed by atoms with van der Waals surface area (Å²) in [6.45, 7) is 1.96. The van der Waals surface area contributed by atoms with Crippen LogP contribution >= 0.6 is 6.42 Å². The average Bonchev–Trinajstić information content (AvgIpc) is 2.85. The molecule has 0 bridgehead atoms. The molecule has 0 N–H and O–H groups in total. The van der Waals surface area contributed by atoms with Gasteiger partial charge in [-0.2, -0.15) is 0 Å². The van der Waals surface area contributed by atoms with Gasteiger partial charge < -0.3 is 4.52 Å². The van der Waals surface area contributed by atoms with Crippen molar-refractivity contribution in [1.82, 2.24) is 4.67 Å². The summed E-state index contributed by atoms with van der Waals surface area (Å²) in [5.74, 6) is 0. The van der Waals surface area contributed by atoms with Gasteiger partial charge in [0.2, 0.25) is 0 Å². The van der Waals surface area contributed by atoms with Gasteiger partial charge in [-0.1, -0.05) is 30.3 Å². The molecule has 2 aliphatic heterocycles. The highest BCUT2D eigenvalue weighted by molar-refractivity contribution is 8.14. The van der Waals surface area contributed by atoms with Crippen molar-refractivity contribution < 1.29 is 4.52 Å². The van der Waals surface area contributed by atoms with E-state index in [2.05, 4.69) is 28.9 Å². The van der Waals surface area contributed by atoms with E-state index in [1.807, 2.05) is 6.07 Å². The van der Waals surface area contributed by atoms with Crippen LogP contribution in [0.25, 0.3) is 0 Å². The first kappa shape index (κ1) is 9.98. The van der Waals surface area contributed by atoms with Crippen LogP contribution in [0, 0.1) is 0 Å². The van der Waals surface area contributed by atoms with Crippen LogP contribution < -0.4 is 5.30 Å². The molecule has 2 nitrogen and oxygen atoms in total. The molecule has 15 heavy (non-hydrogen) atoms. The summed E-state index contributed by atoms with van der Waals surface area (Å²) in [5.41, 5.74) is 0. The molecule has 0 saturated carbocycles. The average molecular weight is 239 g/mol. The first-order valence-corrected chi connectivity index (χ1v) is 8.05. The molecule has 1 aromatic carbocycles. The number of hydrogen-bond donors (Lipinski definition) is 0. The molecule has 0 spiro atoms. The Morgan fingerprint density at radius 1 is 1.33 bits per heavy atom. The SMILES string of the molecule is S=[P@]1(c2ccccc2)OC[C@@H]2CCCN21. The highest BCUT2D eigenvalue weighted by Gasteiger charge is 2.43. The van der Waals surface area contributed by atoms with Gasteiger partial charge >= 0.3 is 0 Å². The lowest BCUT2D eigenvalue weighted by Gasteiger charge is -2.25. The van der Waals surface area contributed by atoms with Crippen molar-refractivity contribution in [2.24, 2.45) is 0 Å². The predicted octanol–water partition coefficient (Wildman–Crippen LogP) is 2.12. The van der Waals surface area contributed by atoms with Crippen LogP contribution in [0.2, 0.25) is 0 Å². The van der Waals surface area contributed by atoms with Crippen LogP contribution in [0.15, 0.2) is 30.3 Å². The molecule has 80 valence electrons. The molecule has 2 fully saturated rings. The van der Waals surface area contributed by atoms with Gasteiger partial charge in [0.1, 0.15) is 0 Å². The Balaban J connectivity index is 2.01. The number of fused-ring (bicyclic) bond motifs is 1. The summed E-state index contributed by atoms with van der Waals surface area (Å²) < 4.78 is 8.39. The van der Waals surface area contributed by atoms with E-state index < -0.39 is 6.42 Å². The summed E-state index contributed by atoms with van der Waals surface area (Å²) in [6, 6.07) is 11.0. The Morgan fingerprint density at radius 3 is 2.93 bits per heavy atom. The zero-order chi connectivity index (χ0) is 10.3. The molecule has 2 saturated heterocycles. The summed E-state index contributed by atoms with van der Waals surface area (Å²) in [6.07, 6.45) is 0.673. The van der Waals surface area contributed by atoms with Gasteiger partial charge in [-0.25, -0.2) is 4.67 Å². The maximum Gasteiger partial charge on any atom is 0.162 e. The molecule has 2 heterocycles. The fourth-order valence-electron chi connectivity index (χ4n) is 2.44. The lowest BCUT2D eigenvalue weighted by molar-refractivity contribution is 0.342. The first-order chi connectivity index (χ1) is 7.31. The van der Waals surface area contributed by atoms with Crippen LogP contribution in [-0.4, -0.2) is 23.9 Å². The molecule has 0 radical (unpaired) electrons. The van der Waals surface area contributed by atoms with E-state index in [9.17, 15) is 0 Å². The third kappa shape index (κ3) is 1.50. The quantitative estimate of drug-likeness (QED) is 0.696. The van der Waals surface area contributed by atoms with Crippen LogP contribution in [0.4, 0.5) is 0 Å². The monoisotopic (exact) mass is 239 g/mol. The minimum Gasteiger partial charge on any atom is -0.333 e. The van der Waals surface area contributed by atoms with E-state index in [0.717, 1.165) is 13.2 Å². The fraction of sp³-hybridized carbons (Fsp3) is 0.455. The third-order valence-corrected chi connectivity index (χ3v) is 7.44. The van der Waals surface area contributed by atoms with Crippen molar-refractivity contribution in [3.05, 3.63) is 30.3 Å². The molecule has 1 aromatic rings. The van der Waals surface area contributed by atoms with Gasteiger partial charge in [-0.05, 0) is 24.6 Å². The topological polar surface area (TPSA) is 12.5 Å². The zero-order valence-electron chi connectivity index (χ0n) is 8.50. The molecule has 2 aliphatic rings. The largest absolute Gasteiger partial charge is 0.333 e. The Bertz CT molecular complexity index is 408. The Kier molecular flexibility index (Phi) is 2.44. The van der Waals surface area contributed by atoms with E-state index in [1.165, 1.54) is 18.1 Å². The molecular formula is C11H14NOPS.